The van der Waals surface area contributed by atoms with Crippen molar-refractivity contribution in [2.75, 3.05) is 19.0 Å². The fourth-order valence-electron chi connectivity index (χ4n) is 2.42. The van der Waals surface area contributed by atoms with Crippen LogP contribution in [0.1, 0.15) is 16.1 Å². The van der Waals surface area contributed by atoms with Gasteiger partial charge in [0.05, 0.1) is 11.9 Å². The van der Waals surface area contributed by atoms with Gasteiger partial charge in [0, 0.05) is 25.3 Å². The predicted molar refractivity (Wildman–Crippen MR) is 106 cm³/mol. The van der Waals surface area contributed by atoms with E-state index in [4.69, 9.17) is 0 Å². The summed E-state index contributed by atoms with van der Waals surface area (Å²) in [4.78, 5) is 32.4. The highest BCUT2D eigenvalue weighted by Crippen LogP contribution is 2.15. The molecule has 3 aromatic rings. The highest BCUT2D eigenvalue weighted by Gasteiger charge is 2.09. The zero-order valence-electron chi connectivity index (χ0n) is 15.0. The van der Waals surface area contributed by atoms with Gasteiger partial charge in [-0.2, -0.15) is 10.1 Å². The quantitative estimate of drug-likeness (QED) is 0.539. The molecule has 1 aromatic heterocycles. The number of nitrogens with one attached hydrogen (secondary N) is 2. The van der Waals surface area contributed by atoms with Crippen molar-refractivity contribution in [1.82, 2.24) is 15.4 Å². The number of hydrazone groups is 1. The number of hydrogen-bond acceptors (Lipinski definition) is 5. The zero-order chi connectivity index (χ0) is 19.2. The Balaban J connectivity index is 1.72. The summed E-state index contributed by atoms with van der Waals surface area (Å²) in [6, 6.07) is 18.4. The maximum absolute atomic E-state index is 12.3. The molecule has 3 rings (SSSR count). The first kappa shape index (κ1) is 18.1. The van der Waals surface area contributed by atoms with E-state index in [1.54, 1.807) is 0 Å². The van der Waals surface area contributed by atoms with Crippen LogP contribution in [-0.2, 0) is 0 Å². The second-order valence-corrected chi connectivity index (χ2v) is 6.04. The third kappa shape index (κ3) is 4.66. The number of carbonyl (C=O) groups is 1. The van der Waals surface area contributed by atoms with Crippen molar-refractivity contribution in [3.05, 3.63) is 82.4 Å². The third-order valence-electron chi connectivity index (χ3n) is 3.85. The number of rotatable bonds is 5. The van der Waals surface area contributed by atoms with Crippen LogP contribution in [0.3, 0.4) is 0 Å². The largest absolute Gasteiger partial charge is 0.378 e. The summed E-state index contributed by atoms with van der Waals surface area (Å²) in [6.45, 7) is 0. The Kier molecular flexibility index (Phi) is 5.41. The molecule has 0 saturated carbocycles. The fraction of sp³-hybridized carbons (Fsp3) is 0.100. The van der Waals surface area contributed by atoms with Crippen LogP contribution in [0.5, 0.6) is 0 Å². The summed E-state index contributed by atoms with van der Waals surface area (Å²) in [5.41, 5.74) is 5.00. The SMILES string of the molecule is CN(C)c1ccc(/C=N/NC(=O)c2cc(-c3ccccc3)nc(=O)[nH]2)cc1. The maximum Gasteiger partial charge on any atom is 0.346 e. The van der Waals surface area contributed by atoms with Crippen molar-refractivity contribution in [2.45, 2.75) is 0 Å². The van der Waals surface area contributed by atoms with Crippen molar-refractivity contribution >= 4 is 17.8 Å². The highest BCUT2D eigenvalue weighted by molar-refractivity contribution is 5.93. The van der Waals surface area contributed by atoms with Gasteiger partial charge in [-0.15, -0.1) is 0 Å². The van der Waals surface area contributed by atoms with Crippen molar-refractivity contribution in [2.24, 2.45) is 5.10 Å². The number of aromatic amines is 1. The van der Waals surface area contributed by atoms with Gasteiger partial charge in [0.1, 0.15) is 5.69 Å². The normalized spacial score (nSPS) is 10.7. The Morgan fingerprint density at radius 1 is 1.11 bits per heavy atom. The molecule has 1 heterocycles. The second-order valence-electron chi connectivity index (χ2n) is 6.04. The minimum atomic E-state index is -0.593. The number of aromatic nitrogens is 2. The molecule has 0 unspecified atom stereocenters. The van der Waals surface area contributed by atoms with Crippen molar-refractivity contribution in [3.8, 4) is 11.3 Å². The molecule has 2 aromatic carbocycles. The van der Waals surface area contributed by atoms with E-state index in [9.17, 15) is 9.59 Å². The molecule has 136 valence electrons. The van der Waals surface area contributed by atoms with Gasteiger partial charge >= 0.3 is 5.69 Å². The standard InChI is InChI=1S/C20H19N5O2/c1-25(2)16-10-8-14(9-11-16)13-21-24-19(26)18-12-17(22-20(27)23-18)15-6-4-3-5-7-15/h3-13H,1-2H3,(H,24,26)(H,22,23,27)/b21-13+. The number of H-pyrrole nitrogens is 1. The minimum Gasteiger partial charge on any atom is -0.378 e. The molecule has 0 aliphatic heterocycles. The van der Waals surface area contributed by atoms with Crippen molar-refractivity contribution in [1.29, 1.82) is 0 Å². The van der Waals surface area contributed by atoms with Gasteiger partial charge in [0.25, 0.3) is 5.91 Å². The van der Waals surface area contributed by atoms with Crippen LogP contribution in [0.15, 0.2) is 70.6 Å². The Labute approximate surface area is 156 Å². The van der Waals surface area contributed by atoms with Crippen molar-refractivity contribution < 1.29 is 4.79 Å². The van der Waals surface area contributed by atoms with E-state index in [-0.39, 0.29) is 5.69 Å². The Hall–Kier alpha value is -3.74. The van der Waals surface area contributed by atoms with Gasteiger partial charge < -0.3 is 9.88 Å². The molecular formula is C20H19N5O2. The first-order chi connectivity index (χ1) is 13.0. The van der Waals surface area contributed by atoms with Gasteiger partial charge in [-0.1, -0.05) is 42.5 Å². The lowest BCUT2D eigenvalue weighted by atomic mass is 10.1. The fourth-order valence-corrected chi connectivity index (χ4v) is 2.42. The van der Waals surface area contributed by atoms with Crippen LogP contribution in [-0.4, -0.2) is 36.2 Å². The molecular weight excluding hydrogens is 342 g/mol. The number of hydrogen-bond donors (Lipinski definition) is 2. The lowest BCUT2D eigenvalue weighted by Gasteiger charge is -2.11. The molecule has 7 heteroatoms. The monoisotopic (exact) mass is 361 g/mol. The molecule has 0 saturated heterocycles. The Bertz CT molecular complexity index is 1010. The van der Waals surface area contributed by atoms with E-state index in [0.717, 1.165) is 16.8 Å². The van der Waals surface area contributed by atoms with E-state index in [1.165, 1.54) is 12.3 Å². The zero-order valence-corrected chi connectivity index (χ0v) is 15.0. The predicted octanol–water partition coefficient (Wildman–Crippen LogP) is 2.27. The summed E-state index contributed by atoms with van der Waals surface area (Å²) in [6.07, 6.45) is 1.54. The average Bonchev–Trinajstić information content (AvgIpc) is 2.68. The van der Waals surface area contributed by atoms with Crippen LogP contribution in [0.2, 0.25) is 0 Å². The van der Waals surface area contributed by atoms with E-state index in [0.29, 0.717) is 5.69 Å². The maximum atomic E-state index is 12.3. The van der Waals surface area contributed by atoms with E-state index in [2.05, 4.69) is 20.5 Å². The van der Waals surface area contributed by atoms with Crippen LogP contribution in [0, 0.1) is 0 Å². The van der Waals surface area contributed by atoms with Gasteiger partial charge in [-0.25, -0.2) is 10.2 Å². The number of carbonyl (C=O) groups excluding carboxylic acids is 1. The molecule has 0 atom stereocenters. The number of nitrogens with zero attached hydrogens (tertiary/aromatic N) is 3. The molecule has 0 aliphatic rings. The summed E-state index contributed by atoms with van der Waals surface area (Å²) in [5, 5.41) is 3.94. The van der Waals surface area contributed by atoms with E-state index in [1.807, 2.05) is 73.6 Å². The second kappa shape index (κ2) is 8.09. The van der Waals surface area contributed by atoms with Crippen LogP contribution in [0.4, 0.5) is 5.69 Å². The number of anilines is 1. The summed E-state index contributed by atoms with van der Waals surface area (Å²) in [5.74, 6) is -0.521. The lowest BCUT2D eigenvalue weighted by Crippen LogP contribution is -2.24. The van der Waals surface area contributed by atoms with Crippen molar-refractivity contribution in [3.63, 3.8) is 0 Å². The molecule has 1 amide bonds. The van der Waals surface area contributed by atoms with Crippen LogP contribution < -0.4 is 16.0 Å². The molecule has 0 bridgehead atoms. The van der Waals surface area contributed by atoms with Crippen LogP contribution in [0.25, 0.3) is 11.3 Å². The third-order valence-corrected chi connectivity index (χ3v) is 3.85. The average molecular weight is 361 g/mol. The van der Waals surface area contributed by atoms with Gasteiger partial charge in [0.2, 0.25) is 0 Å². The van der Waals surface area contributed by atoms with Gasteiger partial charge in [-0.3, -0.25) is 4.79 Å². The summed E-state index contributed by atoms with van der Waals surface area (Å²) >= 11 is 0. The Morgan fingerprint density at radius 3 is 2.48 bits per heavy atom. The first-order valence-corrected chi connectivity index (χ1v) is 8.30. The molecule has 7 nitrogen and oxygen atoms in total. The molecule has 0 aliphatic carbocycles. The van der Waals surface area contributed by atoms with Gasteiger partial charge in [-0.05, 0) is 23.8 Å². The molecule has 27 heavy (non-hydrogen) atoms. The topological polar surface area (TPSA) is 90.4 Å². The van der Waals surface area contributed by atoms with E-state index >= 15 is 0 Å². The smallest absolute Gasteiger partial charge is 0.346 e. The highest BCUT2D eigenvalue weighted by atomic mass is 16.2. The molecule has 0 fully saturated rings. The number of amides is 1. The number of benzene rings is 2. The molecule has 0 radical (unpaired) electrons. The Morgan fingerprint density at radius 2 is 1.81 bits per heavy atom. The lowest BCUT2D eigenvalue weighted by molar-refractivity contribution is 0.0949. The summed E-state index contributed by atoms with van der Waals surface area (Å²) in [7, 11) is 3.92. The van der Waals surface area contributed by atoms with E-state index < -0.39 is 11.6 Å². The minimum absolute atomic E-state index is 0.0916. The first-order valence-electron chi connectivity index (χ1n) is 8.30. The van der Waals surface area contributed by atoms with Gasteiger partial charge in [0.15, 0.2) is 0 Å². The van der Waals surface area contributed by atoms with Crippen LogP contribution >= 0.6 is 0 Å². The molecule has 2 N–H and O–H groups in total. The molecule has 0 spiro atoms. The summed E-state index contributed by atoms with van der Waals surface area (Å²) < 4.78 is 0.